The van der Waals surface area contributed by atoms with E-state index in [2.05, 4.69) is 15.5 Å². The molecule has 0 saturated carbocycles. The number of anilines is 1. The molecular formula is C21H22Cl2N4O2S2. The van der Waals surface area contributed by atoms with Crippen molar-refractivity contribution in [1.29, 1.82) is 0 Å². The topological polar surface area (TPSA) is 69.0 Å². The highest BCUT2D eigenvalue weighted by Crippen LogP contribution is 2.28. The lowest BCUT2D eigenvalue weighted by atomic mass is 10.2. The van der Waals surface area contributed by atoms with Crippen LogP contribution in [0.2, 0.25) is 10.0 Å². The molecule has 0 bridgehead atoms. The Labute approximate surface area is 200 Å². The molecule has 164 valence electrons. The van der Waals surface area contributed by atoms with Crippen molar-refractivity contribution in [1.82, 2.24) is 14.8 Å². The van der Waals surface area contributed by atoms with Gasteiger partial charge in [0.25, 0.3) is 0 Å². The van der Waals surface area contributed by atoms with Gasteiger partial charge in [-0.25, -0.2) is 0 Å². The van der Waals surface area contributed by atoms with E-state index in [4.69, 9.17) is 27.9 Å². The van der Waals surface area contributed by atoms with E-state index in [-0.39, 0.29) is 11.7 Å². The number of halogens is 2. The zero-order valence-electron chi connectivity index (χ0n) is 17.3. The minimum absolute atomic E-state index is 0.134. The molecule has 0 aliphatic heterocycles. The van der Waals surface area contributed by atoms with Gasteiger partial charge in [-0.3, -0.25) is 4.79 Å². The van der Waals surface area contributed by atoms with Crippen LogP contribution in [0.15, 0.2) is 41.6 Å². The zero-order valence-corrected chi connectivity index (χ0v) is 20.5. The number of benzene rings is 2. The maximum absolute atomic E-state index is 12.4. The third kappa shape index (κ3) is 6.55. The van der Waals surface area contributed by atoms with E-state index in [1.807, 2.05) is 48.9 Å². The lowest BCUT2D eigenvalue weighted by molar-refractivity contribution is -0.113. The molecule has 0 spiro atoms. The number of nitrogens with zero attached hydrogens (tertiary/aromatic N) is 3. The first-order valence-corrected chi connectivity index (χ1v) is 12.2. The quantitative estimate of drug-likeness (QED) is 0.388. The van der Waals surface area contributed by atoms with Crippen LogP contribution in [-0.2, 0) is 23.3 Å². The molecule has 0 aliphatic carbocycles. The molecule has 31 heavy (non-hydrogen) atoms. The van der Waals surface area contributed by atoms with Crippen molar-refractivity contribution in [3.63, 3.8) is 0 Å². The molecule has 6 nitrogen and oxygen atoms in total. The second-order valence-electron chi connectivity index (χ2n) is 6.73. The number of carbonyl (C=O) groups excluding carboxylic acids is 1. The summed E-state index contributed by atoms with van der Waals surface area (Å²) in [5.74, 6) is 2.96. The first kappa shape index (κ1) is 23.8. The highest BCUT2D eigenvalue weighted by molar-refractivity contribution is 7.99. The molecule has 1 heterocycles. The molecule has 0 aliphatic rings. The Kier molecular flexibility index (Phi) is 8.54. The second-order valence-corrected chi connectivity index (χ2v) is 9.50. The minimum Gasteiger partial charge on any atom is -0.495 e. The van der Waals surface area contributed by atoms with Gasteiger partial charge in [-0.15, -0.1) is 22.0 Å². The Morgan fingerprint density at radius 2 is 1.97 bits per heavy atom. The third-order valence-electron chi connectivity index (χ3n) is 4.39. The van der Waals surface area contributed by atoms with Crippen LogP contribution in [-0.4, -0.2) is 33.5 Å². The largest absolute Gasteiger partial charge is 0.495 e. The summed E-state index contributed by atoms with van der Waals surface area (Å²) in [6.45, 7) is 1.96. The smallest absolute Gasteiger partial charge is 0.234 e. The fourth-order valence-corrected chi connectivity index (χ4v) is 5.02. The van der Waals surface area contributed by atoms with Gasteiger partial charge in [0.1, 0.15) is 11.6 Å². The van der Waals surface area contributed by atoms with Gasteiger partial charge in [-0.2, -0.15) is 0 Å². The molecule has 3 rings (SSSR count). The van der Waals surface area contributed by atoms with Crippen molar-refractivity contribution < 1.29 is 9.53 Å². The minimum atomic E-state index is -0.134. The van der Waals surface area contributed by atoms with E-state index in [1.165, 1.54) is 11.8 Å². The predicted octanol–water partition coefficient (Wildman–Crippen LogP) is 5.60. The van der Waals surface area contributed by atoms with Crippen LogP contribution in [0.4, 0.5) is 5.69 Å². The van der Waals surface area contributed by atoms with Gasteiger partial charge in [0, 0.05) is 22.8 Å². The number of nitrogens with one attached hydrogen (secondary N) is 1. The predicted molar refractivity (Wildman–Crippen MR) is 130 cm³/mol. The summed E-state index contributed by atoms with van der Waals surface area (Å²) in [7, 11) is 3.48. The average Bonchev–Trinajstić information content (AvgIpc) is 3.08. The normalized spacial score (nSPS) is 10.9. The highest BCUT2D eigenvalue weighted by atomic mass is 35.5. The van der Waals surface area contributed by atoms with Crippen molar-refractivity contribution in [2.24, 2.45) is 7.05 Å². The summed E-state index contributed by atoms with van der Waals surface area (Å²) < 4.78 is 7.21. The van der Waals surface area contributed by atoms with Gasteiger partial charge in [0.2, 0.25) is 5.91 Å². The number of aryl methyl sites for hydroxylation is 1. The van der Waals surface area contributed by atoms with Crippen molar-refractivity contribution in [2.75, 3.05) is 18.2 Å². The van der Waals surface area contributed by atoms with Crippen LogP contribution in [0, 0.1) is 6.92 Å². The fraction of sp³-hybridized carbons (Fsp3) is 0.286. The molecule has 0 saturated heterocycles. The van der Waals surface area contributed by atoms with Crippen molar-refractivity contribution in [3.05, 3.63) is 63.4 Å². The van der Waals surface area contributed by atoms with Gasteiger partial charge in [0.05, 0.1) is 24.3 Å². The molecule has 0 radical (unpaired) electrons. The number of carbonyl (C=O) groups is 1. The van der Waals surface area contributed by atoms with Crippen molar-refractivity contribution in [2.45, 2.75) is 23.6 Å². The molecule has 0 fully saturated rings. The Morgan fingerprint density at radius 3 is 2.71 bits per heavy atom. The second kappa shape index (κ2) is 11.1. The molecular weight excluding hydrogens is 475 g/mol. The number of rotatable bonds is 9. The summed E-state index contributed by atoms with van der Waals surface area (Å²) >= 11 is 15.2. The maximum Gasteiger partial charge on any atom is 0.234 e. The monoisotopic (exact) mass is 496 g/mol. The summed E-state index contributed by atoms with van der Waals surface area (Å²) in [5, 5.41) is 13.3. The lowest BCUT2D eigenvalue weighted by Crippen LogP contribution is -2.15. The van der Waals surface area contributed by atoms with E-state index < -0.39 is 0 Å². The summed E-state index contributed by atoms with van der Waals surface area (Å²) in [5.41, 5.74) is 2.72. The van der Waals surface area contributed by atoms with Crippen LogP contribution in [0.3, 0.4) is 0 Å². The standard InChI is InChI=1S/C21H22Cl2N4O2S2/c1-13-4-7-18(29-3)17(8-13)24-20(28)12-31-21-26-25-19(27(21)2)11-30-10-14-5-6-15(22)9-16(14)23/h4-9H,10-12H2,1-3H3,(H,24,28). The van der Waals surface area contributed by atoms with Crippen LogP contribution < -0.4 is 10.1 Å². The van der Waals surface area contributed by atoms with Crippen LogP contribution in [0.25, 0.3) is 0 Å². The summed E-state index contributed by atoms with van der Waals surface area (Å²) in [6, 6.07) is 11.2. The lowest BCUT2D eigenvalue weighted by Gasteiger charge is -2.11. The Bertz CT molecular complexity index is 1080. The molecule has 3 aromatic rings. The number of methoxy groups -OCH3 is 1. The van der Waals surface area contributed by atoms with E-state index in [0.717, 1.165) is 22.7 Å². The molecule has 1 N–H and O–H groups in total. The highest BCUT2D eigenvalue weighted by Gasteiger charge is 2.13. The number of hydrogen-bond acceptors (Lipinski definition) is 6. The average molecular weight is 497 g/mol. The maximum atomic E-state index is 12.4. The fourth-order valence-electron chi connectivity index (χ4n) is 2.72. The number of ether oxygens (including phenoxy) is 1. The van der Waals surface area contributed by atoms with Crippen molar-refractivity contribution in [3.8, 4) is 5.75 Å². The molecule has 10 heteroatoms. The van der Waals surface area contributed by atoms with Gasteiger partial charge >= 0.3 is 0 Å². The van der Waals surface area contributed by atoms with Crippen LogP contribution in [0.5, 0.6) is 5.75 Å². The van der Waals surface area contributed by atoms with Crippen LogP contribution in [0.1, 0.15) is 17.0 Å². The number of amides is 1. The van der Waals surface area contributed by atoms with E-state index in [9.17, 15) is 4.79 Å². The van der Waals surface area contributed by atoms with Gasteiger partial charge in [-0.1, -0.05) is 47.1 Å². The van der Waals surface area contributed by atoms with E-state index in [0.29, 0.717) is 32.4 Å². The zero-order chi connectivity index (χ0) is 22.4. The molecule has 1 amide bonds. The summed E-state index contributed by atoms with van der Waals surface area (Å²) in [6.07, 6.45) is 0. The summed E-state index contributed by atoms with van der Waals surface area (Å²) in [4.78, 5) is 12.4. The molecule has 0 unspecified atom stereocenters. The molecule has 1 aromatic heterocycles. The molecule has 0 atom stereocenters. The Balaban J connectivity index is 1.52. The van der Waals surface area contributed by atoms with E-state index in [1.54, 1.807) is 24.9 Å². The Hall–Kier alpha value is -1.87. The number of aromatic nitrogens is 3. The van der Waals surface area contributed by atoms with Gasteiger partial charge in [0.15, 0.2) is 5.16 Å². The number of thioether (sulfide) groups is 2. The van der Waals surface area contributed by atoms with E-state index >= 15 is 0 Å². The number of hydrogen-bond donors (Lipinski definition) is 1. The first-order valence-electron chi connectivity index (χ1n) is 9.34. The SMILES string of the molecule is COc1ccc(C)cc1NC(=O)CSc1nnc(CSCc2ccc(Cl)cc2Cl)n1C. The van der Waals surface area contributed by atoms with Crippen molar-refractivity contribution >= 4 is 58.3 Å². The molecule has 2 aromatic carbocycles. The first-order chi connectivity index (χ1) is 14.9. The van der Waals surface area contributed by atoms with Gasteiger partial charge in [-0.05, 0) is 42.3 Å². The van der Waals surface area contributed by atoms with Gasteiger partial charge < -0.3 is 14.6 Å². The third-order valence-corrected chi connectivity index (χ3v) is 6.97. The van der Waals surface area contributed by atoms with Crippen LogP contribution >= 0.6 is 46.7 Å². The Morgan fingerprint density at radius 1 is 1.16 bits per heavy atom.